The van der Waals surface area contributed by atoms with E-state index in [1.54, 1.807) is 0 Å². The number of fused-ring (bicyclic) bond motifs is 10. The molecule has 0 spiro atoms. The van der Waals surface area contributed by atoms with Crippen LogP contribution < -0.4 is 0 Å². The second kappa shape index (κ2) is 10.3. The quantitative estimate of drug-likeness (QED) is 0.175. The van der Waals surface area contributed by atoms with Crippen molar-refractivity contribution in [1.82, 2.24) is 0 Å². The summed E-state index contributed by atoms with van der Waals surface area (Å²) in [6.07, 6.45) is 0. The Bertz CT molecular complexity index is 2270. The van der Waals surface area contributed by atoms with Crippen molar-refractivity contribution in [2.24, 2.45) is 0 Å². The first-order valence-electron chi connectivity index (χ1n) is 16.5. The lowest BCUT2D eigenvalue weighted by atomic mass is 9.83. The van der Waals surface area contributed by atoms with Gasteiger partial charge in [0.15, 0.2) is 0 Å². The second-order valence-corrected chi connectivity index (χ2v) is 15.0. The zero-order valence-corrected chi connectivity index (χ0v) is 27.7. The van der Waals surface area contributed by atoms with Crippen molar-refractivity contribution in [3.05, 3.63) is 145 Å². The van der Waals surface area contributed by atoms with Gasteiger partial charge in [0.2, 0.25) is 0 Å². The maximum absolute atomic E-state index is 2.46. The van der Waals surface area contributed by atoms with Gasteiger partial charge in [-0.05, 0) is 110 Å². The van der Waals surface area contributed by atoms with Gasteiger partial charge in [0.25, 0.3) is 0 Å². The molecule has 0 fully saturated rings. The molecule has 0 saturated heterocycles. The summed E-state index contributed by atoms with van der Waals surface area (Å²) in [7, 11) is 0. The fourth-order valence-corrected chi connectivity index (χ4v) is 7.44. The summed E-state index contributed by atoms with van der Waals surface area (Å²) in [6, 6.07) is 50.4. The highest BCUT2D eigenvalue weighted by Crippen LogP contribution is 2.47. The van der Waals surface area contributed by atoms with E-state index in [4.69, 9.17) is 0 Å². The average molecular weight is 593 g/mol. The SMILES string of the molecule is CC(C)(C)c1ccc(-c2cc3c4ccccc4c4cc(-c5ccc(C(C)(C)C)cc5)c5ccccc5c4c3c3ccccc23)cc1. The predicted molar refractivity (Wildman–Crippen MR) is 202 cm³/mol. The summed E-state index contributed by atoms with van der Waals surface area (Å²) in [5.41, 5.74) is 8.03. The van der Waals surface area contributed by atoms with Crippen LogP contribution in [0.3, 0.4) is 0 Å². The molecule has 0 amide bonds. The van der Waals surface area contributed by atoms with E-state index in [9.17, 15) is 0 Å². The molecule has 0 radical (unpaired) electrons. The van der Waals surface area contributed by atoms with Crippen molar-refractivity contribution in [1.29, 1.82) is 0 Å². The van der Waals surface area contributed by atoms with Crippen LogP contribution in [0.1, 0.15) is 52.7 Å². The predicted octanol–water partition coefficient (Wildman–Crippen LogP) is 13.4. The second-order valence-electron chi connectivity index (χ2n) is 15.0. The van der Waals surface area contributed by atoms with Crippen LogP contribution in [-0.4, -0.2) is 0 Å². The zero-order chi connectivity index (χ0) is 31.8. The highest BCUT2D eigenvalue weighted by molar-refractivity contribution is 6.38. The lowest BCUT2D eigenvalue weighted by molar-refractivity contribution is 0.590. The minimum Gasteiger partial charge on any atom is -0.0616 e. The standard InChI is InChI=1S/C46H40/c1-45(2,3)31-23-19-29(20-24-31)39-27-41-33-13-7-8-14-34(33)42-28-40(30-21-25-32(26-22-30)46(4,5)6)36-16-10-12-18-38(36)44(42)43(41)37-17-11-9-15-35(37)39/h7-28H,1-6H3. The molecule has 224 valence electrons. The van der Waals surface area contributed by atoms with Crippen LogP contribution in [0.4, 0.5) is 0 Å². The van der Waals surface area contributed by atoms with Gasteiger partial charge in [0.05, 0.1) is 0 Å². The van der Waals surface area contributed by atoms with Crippen molar-refractivity contribution in [3.8, 4) is 22.3 Å². The van der Waals surface area contributed by atoms with Crippen LogP contribution in [-0.2, 0) is 10.8 Å². The first kappa shape index (κ1) is 28.5. The van der Waals surface area contributed by atoms with Crippen molar-refractivity contribution in [2.75, 3.05) is 0 Å². The largest absolute Gasteiger partial charge is 0.0616 e. The molecule has 0 atom stereocenters. The van der Waals surface area contributed by atoms with Gasteiger partial charge in [-0.15, -0.1) is 0 Å². The molecule has 0 aromatic heterocycles. The van der Waals surface area contributed by atoms with Crippen LogP contribution in [0.5, 0.6) is 0 Å². The van der Waals surface area contributed by atoms with Crippen molar-refractivity contribution >= 4 is 53.9 Å². The van der Waals surface area contributed by atoms with E-state index >= 15 is 0 Å². The van der Waals surface area contributed by atoms with Crippen molar-refractivity contribution in [2.45, 2.75) is 52.4 Å². The topological polar surface area (TPSA) is 0 Å². The summed E-state index contributed by atoms with van der Waals surface area (Å²) in [5, 5.41) is 13.1. The van der Waals surface area contributed by atoms with E-state index in [1.165, 1.54) is 87.2 Å². The van der Waals surface area contributed by atoms with Gasteiger partial charge in [-0.2, -0.15) is 0 Å². The van der Waals surface area contributed by atoms with E-state index < -0.39 is 0 Å². The molecule has 0 N–H and O–H groups in total. The summed E-state index contributed by atoms with van der Waals surface area (Å²) < 4.78 is 0. The molecule has 0 saturated carbocycles. The Labute approximate surface area is 272 Å². The van der Waals surface area contributed by atoms with Gasteiger partial charge in [-0.3, -0.25) is 0 Å². The van der Waals surface area contributed by atoms with Crippen LogP contribution in [0.2, 0.25) is 0 Å². The molecular weight excluding hydrogens is 553 g/mol. The fraction of sp³-hybridized carbons (Fsp3) is 0.174. The van der Waals surface area contributed by atoms with Crippen molar-refractivity contribution in [3.63, 3.8) is 0 Å². The third-order valence-electron chi connectivity index (χ3n) is 9.97. The third-order valence-corrected chi connectivity index (χ3v) is 9.97. The molecule has 8 aromatic carbocycles. The highest BCUT2D eigenvalue weighted by atomic mass is 14.2. The molecule has 8 rings (SSSR count). The Kier molecular flexibility index (Phi) is 6.38. The summed E-state index contributed by atoms with van der Waals surface area (Å²) in [5.74, 6) is 0. The first-order chi connectivity index (χ1) is 22.1. The van der Waals surface area contributed by atoms with E-state index in [2.05, 4.69) is 175 Å². The normalized spacial score (nSPS) is 12.6. The summed E-state index contributed by atoms with van der Waals surface area (Å²) in [4.78, 5) is 0. The lowest BCUT2D eigenvalue weighted by Gasteiger charge is -2.21. The molecule has 0 aliphatic carbocycles. The molecule has 0 aliphatic heterocycles. The smallest absolute Gasteiger partial charge is 0.00137 e. The van der Waals surface area contributed by atoms with Gasteiger partial charge in [0, 0.05) is 0 Å². The van der Waals surface area contributed by atoms with E-state index in [0.29, 0.717) is 0 Å². The van der Waals surface area contributed by atoms with E-state index in [1.807, 2.05) is 0 Å². The van der Waals surface area contributed by atoms with Crippen molar-refractivity contribution < 1.29 is 0 Å². The molecule has 0 aliphatic rings. The minimum atomic E-state index is 0.119. The third kappa shape index (κ3) is 4.51. The lowest BCUT2D eigenvalue weighted by Crippen LogP contribution is -2.10. The zero-order valence-electron chi connectivity index (χ0n) is 27.7. The van der Waals surface area contributed by atoms with Gasteiger partial charge in [0.1, 0.15) is 0 Å². The van der Waals surface area contributed by atoms with Gasteiger partial charge < -0.3 is 0 Å². The maximum Gasteiger partial charge on any atom is -0.00137 e. The Hall–Kier alpha value is -4.94. The van der Waals surface area contributed by atoms with Gasteiger partial charge in [-0.25, -0.2) is 0 Å². The molecule has 0 heteroatoms. The fourth-order valence-electron chi connectivity index (χ4n) is 7.44. The van der Waals surface area contributed by atoms with Gasteiger partial charge >= 0.3 is 0 Å². The van der Waals surface area contributed by atoms with Crippen LogP contribution >= 0.6 is 0 Å². The van der Waals surface area contributed by atoms with E-state index in [-0.39, 0.29) is 10.8 Å². The molecular formula is C46H40. The molecule has 8 aromatic rings. The number of rotatable bonds is 2. The number of benzene rings is 8. The summed E-state index contributed by atoms with van der Waals surface area (Å²) in [6.45, 7) is 13.7. The molecule has 0 unspecified atom stereocenters. The number of hydrogen-bond donors (Lipinski definition) is 0. The number of hydrogen-bond acceptors (Lipinski definition) is 0. The Balaban J connectivity index is 1.51. The highest BCUT2D eigenvalue weighted by Gasteiger charge is 2.20. The Morgan fingerprint density at radius 3 is 0.935 bits per heavy atom. The van der Waals surface area contributed by atoms with Crippen LogP contribution in [0, 0.1) is 0 Å². The summed E-state index contributed by atoms with van der Waals surface area (Å²) >= 11 is 0. The maximum atomic E-state index is 2.46. The van der Waals surface area contributed by atoms with Crippen LogP contribution in [0.15, 0.2) is 133 Å². The first-order valence-corrected chi connectivity index (χ1v) is 16.5. The van der Waals surface area contributed by atoms with E-state index in [0.717, 1.165) is 0 Å². The van der Waals surface area contributed by atoms with Gasteiger partial charge in [-0.1, -0.05) is 163 Å². The monoisotopic (exact) mass is 592 g/mol. The average Bonchev–Trinajstić information content (AvgIpc) is 3.06. The molecule has 0 heterocycles. The molecule has 0 bridgehead atoms. The minimum absolute atomic E-state index is 0.119. The molecule has 46 heavy (non-hydrogen) atoms. The Morgan fingerprint density at radius 1 is 0.304 bits per heavy atom. The molecule has 0 nitrogen and oxygen atoms in total. The van der Waals surface area contributed by atoms with Crippen LogP contribution in [0.25, 0.3) is 76.1 Å². The Morgan fingerprint density at radius 2 is 0.609 bits per heavy atom.